The van der Waals surface area contributed by atoms with Gasteiger partial charge >= 0.3 is 0 Å². The first-order valence-corrected chi connectivity index (χ1v) is 8.58. The number of amides is 1. The summed E-state index contributed by atoms with van der Waals surface area (Å²) in [5.74, 6) is 0.665. The Bertz CT molecular complexity index is 895. The molecule has 2 aromatic rings. The quantitative estimate of drug-likeness (QED) is 0.426. The van der Waals surface area contributed by atoms with E-state index in [0.29, 0.717) is 36.0 Å². The second-order valence-electron chi connectivity index (χ2n) is 5.68. The van der Waals surface area contributed by atoms with E-state index in [0.717, 1.165) is 5.56 Å². The number of carbonyl (C=O) groups excluding carboxylic acids is 1. The summed E-state index contributed by atoms with van der Waals surface area (Å²) in [6.07, 6.45) is 3.17. The van der Waals surface area contributed by atoms with Gasteiger partial charge in [-0.15, -0.1) is 0 Å². The van der Waals surface area contributed by atoms with Crippen LogP contribution in [0.2, 0.25) is 0 Å². The molecule has 0 radical (unpaired) electrons. The molecule has 2 rings (SSSR count). The predicted molar refractivity (Wildman–Crippen MR) is 107 cm³/mol. The topological polar surface area (TPSA) is 71.3 Å². The Morgan fingerprint density at radius 2 is 2.00 bits per heavy atom. The number of nitriles is 1. The smallest absolute Gasteiger partial charge is 0.266 e. The average molecular weight is 362 g/mol. The predicted octanol–water partition coefficient (Wildman–Crippen LogP) is 4.50. The van der Waals surface area contributed by atoms with Gasteiger partial charge in [0.15, 0.2) is 11.5 Å². The highest BCUT2D eigenvalue weighted by Crippen LogP contribution is 2.29. The van der Waals surface area contributed by atoms with Crippen molar-refractivity contribution in [2.75, 3.05) is 18.5 Å². The molecular formula is C22H22N2O3. The zero-order chi connectivity index (χ0) is 19.6. The van der Waals surface area contributed by atoms with Crippen molar-refractivity contribution >= 4 is 17.7 Å². The molecule has 5 heteroatoms. The molecule has 5 nitrogen and oxygen atoms in total. The van der Waals surface area contributed by atoms with E-state index >= 15 is 0 Å². The molecular weight excluding hydrogens is 340 g/mol. The van der Waals surface area contributed by atoms with Gasteiger partial charge in [0.05, 0.1) is 6.61 Å². The van der Waals surface area contributed by atoms with Gasteiger partial charge in [0.2, 0.25) is 0 Å². The van der Waals surface area contributed by atoms with E-state index in [-0.39, 0.29) is 5.57 Å². The standard InChI is InChI=1S/C22H22N2O3/c1-4-12-27-20-11-10-17(14-21(20)26-5-2)13-18(15-23)22(25)24-19-9-7-6-8-16(19)3/h4,6-11,13-14H,1,5,12H2,2-3H3,(H,24,25)/b18-13-. The molecule has 0 fully saturated rings. The fourth-order valence-corrected chi connectivity index (χ4v) is 2.37. The molecule has 1 amide bonds. The molecule has 0 aliphatic rings. The van der Waals surface area contributed by atoms with E-state index in [1.54, 1.807) is 30.3 Å². The molecule has 138 valence electrons. The third-order valence-electron chi connectivity index (χ3n) is 3.69. The van der Waals surface area contributed by atoms with Gasteiger partial charge in [-0.2, -0.15) is 5.26 Å². The van der Waals surface area contributed by atoms with Crippen LogP contribution >= 0.6 is 0 Å². The summed E-state index contributed by atoms with van der Waals surface area (Å²) in [5.41, 5.74) is 2.26. The molecule has 0 heterocycles. The summed E-state index contributed by atoms with van der Waals surface area (Å²) in [4.78, 5) is 12.5. The Hall–Kier alpha value is -3.52. The van der Waals surface area contributed by atoms with Crippen molar-refractivity contribution in [3.63, 3.8) is 0 Å². The number of nitrogens with one attached hydrogen (secondary N) is 1. The number of nitrogens with zero attached hydrogens (tertiary/aromatic N) is 1. The zero-order valence-corrected chi connectivity index (χ0v) is 15.5. The van der Waals surface area contributed by atoms with Gasteiger partial charge in [0.25, 0.3) is 5.91 Å². The number of benzene rings is 2. The number of hydrogen-bond acceptors (Lipinski definition) is 4. The van der Waals surface area contributed by atoms with E-state index in [4.69, 9.17) is 9.47 Å². The maximum Gasteiger partial charge on any atom is 0.266 e. The number of hydrogen-bond donors (Lipinski definition) is 1. The maximum absolute atomic E-state index is 12.5. The summed E-state index contributed by atoms with van der Waals surface area (Å²) in [6, 6.07) is 14.6. The van der Waals surface area contributed by atoms with E-state index in [9.17, 15) is 10.1 Å². The first-order valence-electron chi connectivity index (χ1n) is 8.58. The van der Waals surface area contributed by atoms with Crippen LogP contribution in [0, 0.1) is 18.3 Å². The zero-order valence-electron chi connectivity index (χ0n) is 15.5. The summed E-state index contributed by atoms with van der Waals surface area (Å²) in [7, 11) is 0. The fraction of sp³-hybridized carbons (Fsp3) is 0.182. The lowest BCUT2D eigenvalue weighted by Crippen LogP contribution is -2.14. The van der Waals surface area contributed by atoms with Crippen molar-refractivity contribution in [2.24, 2.45) is 0 Å². The average Bonchev–Trinajstić information content (AvgIpc) is 2.67. The molecule has 0 spiro atoms. The fourth-order valence-electron chi connectivity index (χ4n) is 2.37. The van der Waals surface area contributed by atoms with Gasteiger partial charge in [0.1, 0.15) is 18.2 Å². The van der Waals surface area contributed by atoms with Gasteiger partial charge in [-0.1, -0.05) is 36.9 Å². The normalized spacial score (nSPS) is 10.6. The largest absolute Gasteiger partial charge is 0.490 e. The van der Waals surface area contributed by atoms with Crippen LogP contribution in [0.5, 0.6) is 11.5 Å². The van der Waals surface area contributed by atoms with Crippen molar-refractivity contribution in [2.45, 2.75) is 13.8 Å². The Morgan fingerprint density at radius 3 is 2.67 bits per heavy atom. The van der Waals surface area contributed by atoms with Crippen LogP contribution < -0.4 is 14.8 Å². The highest BCUT2D eigenvalue weighted by molar-refractivity contribution is 6.10. The van der Waals surface area contributed by atoms with Gasteiger partial charge in [0, 0.05) is 5.69 Å². The molecule has 0 atom stereocenters. The second kappa shape index (κ2) is 9.83. The summed E-state index contributed by atoms with van der Waals surface area (Å²) >= 11 is 0. The molecule has 0 aliphatic carbocycles. The van der Waals surface area contributed by atoms with Crippen molar-refractivity contribution in [1.29, 1.82) is 5.26 Å². The number of ether oxygens (including phenoxy) is 2. The SMILES string of the molecule is C=CCOc1ccc(/C=C(/C#N)C(=O)Nc2ccccc2C)cc1OCC. The number of para-hydroxylation sites is 1. The number of carbonyl (C=O) groups is 1. The van der Waals surface area contributed by atoms with Crippen LogP contribution in [0.25, 0.3) is 6.08 Å². The van der Waals surface area contributed by atoms with Gasteiger partial charge in [-0.3, -0.25) is 4.79 Å². The first kappa shape index (κ1) is 19.8. The molecule has 0 aliphatic heterocycles. The van der Waals surface area contributed by atoms with Crippen LogP contribution in [0.4, 0.5) is 5.69 Å². The Labute approximate surface area is 159 Å². The van der Waals surface area contributed by atoms with E-state index in [1.807, 2.05) is 38.1 Å². The van der Waals surface area contributed by atoms with Gasteiger partial charge in [-0.05, 0) is 49.2 Å². The van der Waals surface area contributed by atoms with Gasteiger partial charge in [-0.25, -0.2) is 0 Å². The molecule has 1 N–H and O–H groups in total. The van der Waals surface area contributed by atoms with E-state index in [2.05, 4.69) is 11.9 Å². The van der Waals surface area contributed by atoms with Gasteiger partial charge < -0.3 is 14.8 Å². The number of aryl methyl sites for hydroxylation is 1. The molecule has 0 bridgehead atoms. The molecule has 27 heavy (non-hydrogen) atoms. The molecule has 0 saturated heterocycles. The van der Waals surface area contributed by atoms with E-state index < -0.39 is 5.91 Å². The van der Waals surface area contributed by atoms with Crippen LogP contribution in [0.1, 0.15) is 18.1 Å². The van der Waals surface area contributed by atoms with Crippen LogP contribution in [0.3, 0.4) is 0 Å². The summed E-state index contributed by atoms with van der Waals surface area (Å²) in [5, 5.41) is 12.2. The third kappa shape index (κ3) is 5.48. The molecule has 0 saturated carbocycles. The monoisotopic (exact) mass is 362 g/mol. The van der Waals surface area contributed by atoms with Crippen molar-refractivity contribution in [3.05, 3.63) is 71.8 Å². The molecule has 0 aromatic heterocycles. The summed E-state index contributed by atoms with van der Waals surface area (Å²) < 4.78 is 11.1. The second-order valence-corrected chi connectivity index (χ2v) is 5.68. The summed E-state index contributed by atoms with van der Waals surface area (Å²) in [6.45, 7) is 8.21. The van der Waals surface area contributed by atoms with E-state index in [1.165, 1.54) is 6.08 Å². The minimum Gasteiger partial charge on any atom is -0.490 e. The third-order valence-corrected chi connectivity index (χ3v) is 3.69. The van der Waals surface area contributed by atoms with Crippen LogP contribution in [-0.4, -0.2) is 19.1 Å². The lowest BCUT2D eigenvalue weighted by molar-refractivity contribution is -0.112. The first-order chi connectivity index (χ1) is 13.1. The number of anilines is 1. The maximum atomic E-state index is 12.5. The minimum atomic E-state index is -0.461. The van der Waals surface area contributed by atoms with Crippen LogP contribution in [0.15, 0.2) is 60.7 Å². The Balaban J connectivity index is 2.27. The minimum absolute atomic E-state index is 0.000427. The number of rotatable bonds is 8. The van der Waals surface area contributed by atoms with Crippen molar-refractivity contribution in [1.82, 2.24) is 0 Å². The molecule has 2 aromatic carbocycles. The molecule has 0 unspecified atom stereocenters. The lowest BCUT2D eigenvalue weighted by atomic mass is 10.1. The lowest BCUT2D eigenvalue weighted by Gasteiger charge is -2.12. The van der Waals surface area contributed by atoms with Crippen molar-refractivity contribution < 1.29 is 14.3 Å². The van der Waals surface area contributed by atoms with Crippen molar-refractivity contribution in [3.8, 4) is 17.6 Å². The Morgan fingerprint density at radius 1 is 1.22 bits per heavy atom. The highest BCUT2D eigenvalue weighted by atomic mass is 16.5. The van der Waals surface area contributed by atoms with Crippen LogP contribution in [-0.2, 0) is 4.79 Å². The highest BCUT2D eigenvalue weighted by Gasteiger charge is 2.12. The Kier molecular flexibility index (Phi) is 7.21.